The van der Waals surface area contributed by atoms with Crippen LogP contribution >= 0.6 is 23.4 Å². The SMILES string of the molecule is Cc1ccccc1CSc1nnc(CNC(=O)CCC2CCCC2)n1-c1cc(Cl)ccc1C. The summed E-state index contributed by atoms with van der Waals surface area (Å²) in [6.45, 7) is 4.51. The molecule has 1 saturated carbocycles. The highest BCUT2D eigenvalue weighted by Crippen LogP contribution is 2.30. The fourth-order valence-electron chi connectivity index (χ4n) is 4.39. The van der Waals surface area contributed by atoms with Gasteiger partial charge in [0.05, 0.1) is 12.2 Å². The molecular weight excluding hydrogens is 452 g/mol. The molecule has 2 aromatic carbocycles. The highest BCUT2D eigenvalue weighted by atomic mass is 35.5. The number of aryl methyl sites for hydroxylation is 2. The van der Waals surface area contributed by atoms with Crippen molar-refractivity contribution in [3.8, 4) is 5.69 Å². The zero-order valence-corrected chi connectivity index (χ0v) is 20.9. The largest absolute Gasteiger partial charge is 0.349 e. The van der Waals surface area contributed by atoms with Gasteiger partial charge in [-0.3, -0.25) is 9.36 Å². The lowest BCUT2D eigenvalue weighted by Gasteiger charge is -2.14. The quantitative estimate of drug-likeness (QED) is 0.357. The lowest BCUT2D eigenvalue weighted by atomic mass is 10.0. The first kappa shape index (κ1) is 23.8. The molecule has 0 aliphatic heterocycles. The number of nitrogens with one attached hydrogen (secondary N) is 1. The summed E-state index contributed by atoms with van der Waals surface area (Å²) in [5, 5.41) is 13.4. The van der Waals surface area contributed by atoms with Gasteiger partial charge in [0.2, 0.25) is 5.91 Å². The second-order valence-corrected chi connectivity index (χ2v) is 10.2. The molecule has 1 aliphatic carbocycles. The molecule has 1 N–H and O–H groups in total. The molecule has 1 aliphatic rings. The first-order valence-electron chi connectivity index (χ1n) is 11.7. The fourth-order valence-corrected chi connectivity index (χ4v) is 5.59. The number of carbonyl (C=O) groups excluding carboxylic acids is 1. The molecule has 0 bridgehead atoms. The Morgan fingerprint density at radius 1 is 1.12 bits per heavy atom. The number of benzene rings is 2. The maximum Gasteiger partial charge on any atom is 0.220 e. The summed E-state index contributed by atoms with van der Waals surface area (Å²) in [5.74, 6) is 2.28. The summed E-state index contributed by atoms with van der Waals surface area (Å²) in [7, 11) is 0. The van der Waals surface area contributed by atoms with Crippen molar-refractivity contribution in [1.29, 1.82) is 0 Å². The third kappa shape index (κ3) is 6.18. The summed E-state index contributed by atoms with van der Waals surface area (Å²) in [6.07, 6.45) is 6.68. The number of aromatic nitrogens is 3. The molecule has 1 fully saturated rings. The Morgan fingerprint density at radius 3 is 2.70 bits per heavy atom. The Bertz CT molecular complexity index is 1110. The highest BCUT2D eigenvalue weighted by Gasteiger charge is 2.19. The van der Waals surface area contributed by atoms with Gasteiger partial charge in [-0.15, -0.1) is 10.2 Å². The standard InChI is InChI=1S/C26H31ClN4OS/c1-18-7-3-6-10-21(18)17-33-26-30-29-24(31(26)23-15-22(27)13-11-19(23)2)16-28-25(32)14-12-20-8-4-5-9-20/h3,6-7,10-11,13,15,20H,4-5,8-9,12,14,16-17H2,1-2H3,(H,28,32). The normalized spacial score (nSPS) is 14.0. The van der Waals surface area contributed by atoms with Crippen LogP contribution in [-0.2, 0) is 17.1 Å². The number of rotatable bonds is 9. The average molecular weight is 483 g/mol. The molecule has 0 saturated heterocycles. The van der Waals surface area contributed by atoms with Crippen LogP contribution in [0.2, 0.25) is 5.02 Å². The van der Waals surface area contributed by atoms with Crippen LogP contribution in [0, 0.1) is 19.8 Å². The third-order valence-corrected chi connectivity index (χ3v) is 7.64. The first-order valence-corrected chi connectivity index (χ1v) is 13.0. The minimum Gasteiger partial charge on any atom is -0.349 e. The van der Waals surface area contributed by atoms with Crippen molar-refractivity contribution in [2.45, 2.75) is 69.8 Å². The molecule has 0 spiro atoms. The summed E-state index contributed by atoms with van der Waals surface area (Å²) in [6, 6.07) is 14.2. The predicted octanol–water partition coefficient (Wildman–Crippen LogP) is 6.42. The molecule has 5 nitrogen and oxygen atoms in total. The zero-order valence-electron chi connectivity index (χ0n) is 19.3. The van der Waals surface area contributed by atoms with Gasteiger partial charge in [-0.05, 0) is 55.0 Å². The van der Waals surface area contributed by atoms with Crippen LogP contribution in [-0.4, -0.2) is 20.7 Å². The summed E-state index contributed by atoms with van der Waals surface area (Å²) in [4.78, 5) is 12.5. The molecule has 1 amide bonds. The van der Waals surface area contributed by atoms with Gasteiger partial charge in [0.25, 0.3) is 0 Å². The lowest BCUT2D eigenvalue weighted by Crippen LogP contribution is -2.25. The van der Waals surface area contributed by atoms with Gasteiger partial charge in [0.1, 0.15) is 0 Å². The molecule has 1 aromatic heterocycles. The summed E-state index contributed by atoms with van der Waals surface area (Å²) in [5.41, 5.74) is 4.53. The van der Waals surface area contributed by atoms with Gasteiger partial charge in [-0.2, -0.15) is 0 Å². The molecule has 0 unspecified atom stereocenters. The van der Waals surface area contributed by atoms with E-state index in [2.05, 4.69) is 46.7 Å². The first-order chi connectivity index (χ1) is 16.0. The Kier molecular flexibility index (Phi) is 8.10. The van der Waals surface area contributed by atoms with Crippen LogP contribution in [0.25, 0.3) is 5.69 Å². The molecule has 3 aromatic rings. The van der Waals surface area contributed by atoms with E-state index in [-0.39, 0.29) is 5.91 Å². The van der Waals surface area contributed by atoms with Crippen molar-refractivity contribution >= 4 is 29.3 Å². The maximum atomic E-state index is 12.5. The number of carbonyl (C=O) groups is 1. The fraction of sp³-hybridized carbons (Fsp3) is 0.423. The van der Waals surface area contributed by atoms with E-state index < -0.39 is 0 Å². The van der Waals surface area contributed by atoms with Crippen LogP contribution in [0.15, 0.2) is 47.6 Å². The third-order valence-electron chi connectivity index (χ3n) is 6.43. The minimum absolute atomic E-state index is 0.0772. The molecular formula is C26H31ClN4OS. The number of amides is 1. The van der Waals surface area contributed by atoms with Crippen LogP contribution in [0.1, 0.15) is 61.0 Å². The minimum atomic E-state index is 0.0772. The Morgan fingerprint density at radius 2 is 1.91 bits per heavy atom. The van der Waals surface area contributed by atoms with E-state index in [1.165, 1.54) is 36.8 Å². The molecule has 7 heteroatoms. The van der Waals surface area contributed by atoms with Crippen molar-refractivity contribution in [3.05, 3.63) is 70.0 Å². The Balaban J connectivity index is 1.51. The number of hydrogen-bond acceptors (Lipinski definition) is 4. The monoisotopic (exact) mass is 482 g/mol. The number of hydrogen-bond donors (Lipinski definition) is 1. The van der Waals surface area contributed by atoms with Gasteiger partial charge >= 0.3 is 0 Å². The van der Waals surface area contributed by atoms with Crippen LogP contribution in [0.3, 0.4) is 0 Å². The van der Waals surface area contributed by atoms with E-state index in [0.717, 1.165) is 28.6 Å². The topological polar surface area (TPSA) is 59.8 Å². The van der Waals surface area contributed by atoms with Gasteiger partial charge < -0.3 is 5.32 Å². The number of thioether (sulfide) groups is 1. The van der Waals surface area contributed by atoms with E-state index in [1.54, 1.807) is 11.8 Å². The molecule has 1 heterocycles. The van der Waals surface area contributed by atoms with Gasteiger partial charge in [-0.1, -0.05) is 79.4 Å². The predicted molar refractivity (Wildman–Crippen MR) is 135 cm³/mol. The molecule has 4 rings (SSSR count). The van der Waals surface area contributed by atoms with Gasteiger partial charge in [-0.25, -0.2) is 0 Å². The van der Waals surface area contributed by atoms with Crippen molar-refractivity contribution in [2.75, 3.05) is 0 Å². The molecule has 0 radical (unpaired) electrons. The van der Waals surface area contributed by atoms with Crippen LogP contribution in [0.4, 0.5) is 0 Å². The number of nitrogens with zero attached hydrogens (tertiary/aromatic N) is 3. The second kappa shape index (κ2) is 11.2. The summed E-state index contributed by atoms with van der Waals surface area (Å²) >= 11 is 7.97. The highest BCUT2D eigenvalue weighted by molar-refractivity contribution is 7.98. The molecule has 0 atom stereocenters. The Labute approximate surface area is 205 Å². The van der Waals surface area contributed by atoms with Crippen molar-refractivity contribution in [3.63, 3.8) is 0 Å². The maximum absolute atomic E-state index is 12.5. The van der Waals surface area contributed by atoms with E-state index in [4.69, 9.17) is 11.6 Å². The van der Waals surface area contributed by atoms with Crippen molar-refractivity contribution in [1.82, 2.24) is 20.1 Å². The molecule has 33 heavy (non-hydrogen) atoms. The van der Waals surface area contributed by atoms with E-state index in [0.29, 0.717) is 29.7 Å². The van der Waals surface area contributed by atoms with Gasteiger partial charge in [0.15, 0.2) is 11.0 Å². The van der Waals surface area contributed by atoms with Crippen molar-refractivity contribution < 1.29 is 4.79 Å². The van der Waals surface area contributed by atoms with Crippen LogP contribution < -0.4 is 5.32 Å². The van der Waals surface area contributed by atoms with Gasteiger partial charge in [0, 0.05) is 17.2 Å². The van der Waals surface area contributed by atoms with E-state index in [9.17, 15) is 4.79 Å². The van der Waals surface area contributed by atoms with Crippen molar-refractivity contribution in [2.24, 2.45) is 5.92 Å². The van der Waals surface area contributed by atoms with Crippen LogP contribution in [0.5, 0.6) is 0 Å². The number of halogens is 1. The molecule has 174 valence electrons. The average Bonchev–Trinajstić information content (AvgIpc) is 3.47. The zero-order chi connectivity index (χ0) is 23.2. The lowest BCUT2D eigenvalue weighted by molar-refractivity contribution is -0.121. The van der Waals surface area contributed by atoms with E-state index >= 15 is 0 Å². The summed E-state index contributed by atoms with van der Waals surface area (Å²) < 4.78 is 2.03. The smallest absolute Gasteiger partial charge is 0.220 e. The van der Waals surface area contributed by atoms with E-state index in [1.807, 2.05) is 29.7 Å². The second-order valence-electron chi connectivity index (χ2n) is 8.85. The Hall–Kier alpha value is -2.31.